The van der Waals surface area contributed by atoms with Gasteiger partial charge >= 0.3 is 0 Å². The molecule has 0 aromatic carbocycles. The predicted molar refractivity (Wildman–Crippen MR) is 103 cm³/mol. The predicted octanol–water partition coefficient (Wildman–Crippen LogP) is 2.79. The van der Waals surface area contributed by atoms with Crippen LogP contribution in [-0.4, -0.2) is 30.2 Å². The smallest absolute Gasteiger partial charge is 0.152 e. The van der Waals surface area contributed by atoms with Gasteiger partial charge in [0.25, 0.3) is 0 Å². The highest BCUT2D eigenvalue weighted by Gasteiger charge is 2.16. The third kappa shape index (κ3) is 13.6. The summed E-state index contributed by atoms with van der Waals surface area (Å²) in [4.78, 5) is 22.6. The van der Waals surface area contributed by atoms with Gasteiger partial charge in [-0.15, -0.1) is 0 Å². The Labute approximate surface area is 149 Å². The number of hydrogen-bond donors (Lipinski definition) is 3. The van der Waals surface area contributed by atoms with E-state index in [9.17, 15) is 9.59 Å². The fourth-order valence-electron chi connectivity index (χ4n) is 2.26. The lowest BCUT2D eigenvalue weighted by atomic mass is 9.98. The molecule has 0 fully saturated rings. The third-order valence-corrected chi connectivity index (χ3v) is 3.96. The largest absolute Gasteiger partial charge is 0.330 e. The first-order chi connectivity index (χ1) is 11.2. The van der Waals surface area contributed by atoms with E-state index < -0.39 is 0 Å². The number of carbonyl (C=O) groups is 2. The lowest BCUT2D eigenvalue weighted by Gasteiger charge is -2.12. The number of hydrogen-bond acceptors (Lipinski definition) is 5. The SMILES string of the molecule is CC(C)C(=O)[C@@H](N)CCCCN.CCCCC[C@@H](N)C(=O)C(C)C. The molecule has 0 saturated carbocycles. The van der Waals surface area contributed by atoms with Crippen molar-refractivity contribution in [1.29, 1.82) is 0 Å². The first-order valence-electron chi connectivity index (χ1n) is 9.47. The van der Waals surface area contributed by atoms with Crippen LogP contribution in [0.15, 0.2) is 0 Å². The van der Waals surface area contributed by atoms with Crippen LogP contribution in [0.4, 0.5) is 0 Å². The molecule has 0 bridgehead atoms. The first-order valence-corrected chi connectivity index (χ1v) is 9.47. The summed E-state index contributed by atoms with van der Waals surface area (Å²) in [5.41, 5.74) is 16.7. The molecule has 0 saturated heterocycles. The van der Waals surface area contributed by atoms with Crippen LogP contribution >= 0.6 is 0 Å². The average Bonchev–Trinajstić information content (AvgIpc) is 2.53. The van der Waals surface area contributed by atoms with Crippen LogP contribution in [0.3, 0.4) is 0 Å². The Kier molecular flexibility index (Phi) is 16.7. The summed E-state index contributed by atoms with van der Waals surface area (Å²) >= 11 is 0. The maximum absolute atomic E-state index is 11.3. The van der Waals surface area contributed by atoms with Crippen molar-refractivity contribution in [2.24, 2.45) is 29.0 Å². The monoisotopic (exact) mass is 343 g/mol. The lowest BCUT2D eigenvalue weighted by molar-refractivity contribution is -0.124. The summed E-state index contributed by atoms with van der Waals surface area (Å²) < 4.78 is 0. The van der Waals surface area contributed by atoms with E-state index in [1.165, 1.54) is 12.8 Å². The minimum Gasteiger partial charge on any atom is -0.330 e. The molecular weight excluding hydrogens is 302 g/mol. The van der Waals surface area contributed by atoms with Crippen molar-refractivity contribution in [3.8, 4) is 0 Å². The van der Waals surface area contributed by atoms with Gasteiger partial charge in [0.2, 0.25) is 0 Å². The Morgan fingerprint density at radius 3 is 1.42 bits per heavy atom. The van der Waals surface area contributed by atoms with Crippen LogP contribution in [0.25, 0.3) is 0 Å². The molecule has 5 nitrogen and oxygen atoms in total. The number of rotatable bonds is 12. The van der Waals surface area contributed by atoms with Crippen molar-refractivity contribution in [1.82, 2.24) is 0 Å². The number of ketones is 2. The first kappa shape index (κ1) is 25.5. The highest BCUT2D eigenvalue weighted by atomic mass is 16.1. The van der Waals surface area contributed by atoms with Gasteiger partial charge in [-0.05, 0) is 25.8 Å². The Balaban J connectivity index is 0. The molecule has 0 spiro atoms. The Morgan fingerprint density at radius 1 is 0.750 bits per heavy atom. The molecule has 2 atom stereocenters. The van der Waals surface area contributed by atoms with E-state index in [1.807, 2.05) is 27.7 Å². The van der Waals surface area contributed by atoms with Crippen LogP contribution in [0, 0.1) is 11.8 Å². The molecule has 0 unspecified atom stereocenters. The summed E-state index contributed by atoms with van der Waals surface area (Å²) in [6, 6.07) is -0.506. The molecule has 0 aliphatic rings. The van der Waals surface area contributed by atoms with Crippen molar-refractivity contribution in [2.75, 3.05) is 6.54 Å². The summed E-state index contributed by atoms with van der Waals surface area (Å²) in [6.45, 7) is 10.4. The van der Waals surface area contributed by atoms with Gasteiger partial charge in [-0.1, -0.05) is 60.3 Å². The van der Waals surface area contributed by atoms with Crippen LogP contribution in [0.2, 0.25) is 0 Å². The van der Waals surface area contributed by atoms with Gasteiger partial charge in [0.15, 0.2) is 11.6 Å². The average molecular weight is 344 g/mol. The van der Waals surface area contributed by atoms with E-state index in [4.69, 9.17) is 17.2 Å². The molecule has 24 heavy (non-hydrogen) atoms. The fourth-order valence-corrected chi connectivity index (χ4v) is 2.26. The van der Waals surface area contributed by atoms with E-state index in [0.717, 1.165) is 32.1 Å². The Morgan fingerprint density at radius 2 is 1.12 bits per heavy atom. The van der Waals surface area contributed by atoms with Crippen LogP contribution in [-0.2, 0) is 9.59 Å². The molecule has 6 N–H and O–H groups in total. The maximum atomic E-state index is 11.3. The van der Waals surface area contributed by atoms with Gasteiger partial charge in [0.1, 0.15) is 0 Å². The van der Waals surface area contributed by atoms with Crippen molar-refractivity contribution in [3.63, 3.8) is 0 Å². The lowest BCUT2D eigenvalue weighted by Crippen LogP contribution is -2.33. The summed E-state index contributed by atoms with van der Waals surface area (Å²) in [6.07, 6.45) is 6.98. The van der Waals surface area contributed by atoms with Crippen LogP contribution < -0.4 is 17.2 Å². The molecule has 0 radical (unpaired) electrons. The number of carbonyl (C=O) groups excluding carboxylic acids is 2. The summed E-state index contributed by atoms with van der Waals surface area (Å²) in [5.74, 6) is 0.498. The molecule has 5 heteroatoms. The summed E-state index contributed by atoms with van der Waals surface area (Å²) in [7, 11) is 0. The van der Waals surface area contributed by atoms with E-state index in [-0.39, 0.29) is 35.5 Å². The van der Waals surface area contributed by atoms with Gasteiger partial charge in [-0.25, -0.2) is 0 Å². The zero-order valence-electron chi connectivity index (χ0n) is 16.5. The van der Waals surface area contributed by atoms with E-state index >= 15 is 0 Å². The molecule has 0 aliphatic carbocycles. The fraction of sp³-hybridized carbons (Fsp3) is 0.895. The topological polar surface area (TPSA) is 112 Å². The minimum atomic E-state index is -0.281. The minimum absolute atomic E-state index is 0.0536. The Bertz CT molecular complexity index is 299. The normalized spacial score (nSPS) is 13.4. The second-order valence-corrected chi connectivity index (χ2v) is 7.11. The molecule has 0 rings (SSSR count). The highest BCUT2D eigenvalue weighted by molar-refractivity contribution is 5.85. The van der Waals surface area contributed by atoms with Crippen molar-refractivity contribution in [3.05, 3.63) is 0 Å². The van der Waals surface area contributed by atoms with Crippen molar-refractivity contribution >= 4 is 11.6 Å². The summed E-state index contributed by atoms with van der Waals surface area (Å²) in [5, 5.41) is 0. The second kappa shape index (κ2) is 15.7. The van der Waals surface area contributed by atoms with E-state index in [0.29, 0.717) is 6.54 Å². The quantitative estimate of drug-likeness (QED) is 0.472. The van der Waals surface area contributed by atoms with Gasteiger partial charge in [0, 0.05) is 11.8 Å². The van der Waals surface area contributed by atoms with Gasteiger partial charge < -0.3 is 17.2 Å². The maximum Gasteiger partial charge on any atom is 0.152 e. The molecule has 0 aromatic rings. The van der Waals surface area contributed by atoms with Crippen molar-refractivity contribution in [2.45, 2.75) is 91.6 Å². The molecule has 0 aromatic heterocycles. The zero-order valence-corrected chi connectivity index (χ0v) is 16.5. The molecular formula is C19H41N3O2. The van der Waals surface area contributed by atoms with E-state index in [1.54, 1.807) is 0 Å². The van der Waals surface area contributed by atoms with E-state index in [2.05, 4.69) is 6.92 Å². The van der Waals surface area contributed by atoms with Gasteiger partial charge in [-0.2, -0.15) is 0 Å². The van der Waals surface area contributed by atoms with Gasteiger partial charge in [-0.3, -0.25) is 9.59 Å². The number of nitrogens with two attached hydrogens (primary N) is 3. The van der Waals surface area contributed by atoms with Gasteiger partial charge in [0.05, 0.1) is 12.1 Å². The zero-order chi connectivity index (χ0) is 19.1. The molecule has 144 valence electrons. The van der Waals surface area contributed by atoms with Crippen LogP contribution in [0.1, 0.15) is 79.6 Å². The Hall–Kier alpha value is -0.780. The molecule has 0 aliphatic heterocycles. The van der Waals surface area contributed by atoms with Crippen molar-refractivity contribution < 1.29 is 9.59 Å². The second-order valence-electron chi connectivity index (χ2n) is 7.11. The third-order valence-electron chi connectivity index (χ3n) is 3.96. The number of Topliss-reactive ketones (excluding diaryl/α,β-unsaturated/α-hetero) is 2. The standard InChI is InChI=1S/C10H21NO.C9H20N2O/c1-4-5-6-7-9(11)10(12)8(2)3;1-7(2)9(12)8(11)5-3-4-6-10/h8-9H,4-7,11H2,1-3H3;7-8H,3-6,10-11H2,1-2H3/t9-;8-/m10/s1. The molecule has 0 amide bonds. The number of unbranched alkanes of at least 4 members (excludes halogenated alkanes) is 3. The van der Waals surface area contributed by atoms with Crippen LogP contribution in [0.5, 0.6) is 0 Å². The highest BCUT2D eigenvalue weighted by Crippen LogP contribution is 2.06. The molecule has 0 heterocycles.